The Morgan fingerprint density at radius 1 is 0.973 bits per heavy atom. The summed E-state index contributed by atoms with van der Waals surface area (Å²) in [5.41, 5.74) is 5.81. The molecular weight excluding hydrogens is 464 g/mol. The van der Waals surface area contributed by atoms with Crippen molar-refractivity contribution in [2.24, 2.45) is 7.05 Å². The quantitative estimate of drug-likeness (QED) is 0.303. The first-order valence-electron chi connectivity index (χ1n) is 12.9. The molecular formula is C29H36N6O2. The maximum atomic E-state index is 5.59. The van der Waals surface area contributed by atoms with Crippen molar-refractivity contribution in [2.75, 3.05) is 38.8 Å². The number of methoxy groups -OCH3 is 2. The van der Waals surface area contributed by atoms with E-state index in [1.165, 1.54) is 19.4 Å². The Labute approximate surface area is 218 Å². The highest BCUT2D eigenvalue weighted by molar-refractivity contribution is 5.82. The zero-order chi connectivity index (χ0) is 26.0. The molecule has 0 amide bonds. The van der Waals surface area contributed by atoms with Gasteiger partial charge in [-0.3, -0.25) is 14.6 Å². The number of hydrogen-bond acceptors (Lipinski definition) is 7. The zero-order valence-electron chi connectivity index (χ0n) is 22.4. The molecule has 37 heavy (non-hydrogen) atoms. The number of likely N-dealkylation sites (tertiary alicyclic amines) is 1. The van der Waals surface area contributed by atoms with Crippen LogP contribution in [-0.2, 0) is 7.05 Å². The van der Waals surface area contributed by atoms with Crippen LogP contribution in [0.4, 0.5) is 11.4 Å². The number of ether oxygens (including phenoxy) is 2. The molecule has 194 valence electrons. The molecule has 1 aliphatic heterocycles. The second kappa shape index (κ2) is 10.4. The standard InChI is InChI=1S/C29H36N6O2/c1-29(2)10-6-11-34(29)12-7-13-35(23-14-24(36-4)17-25(15-23)37-5)22-8-9-26-27(16-22)32-28(19-30-26)21-18-31-33(3)20-21/h8-9,14-20H,6-7,10-13H2,1-5H3. The van der Waals surface area contributed by atoms with E-state index >= 15 is 0 Å². The lowest BCUT2D eigenvalue weighted by Gasteiger charge is -2.33. The average molecular weight is 501 g/mol. The minimum atomic E-state index is 0.269. The highest BCUT2D eigenvalue weighted by atomic mass is 16.5. The lowest BCUT2D eigenvalue weighted by molar-refractivity contribution is 0.174. The van der Waals surface area contributed by atoms with E-state index in [2.05, 4.69) is 58.0 Å². The van der Waals surface area contributed by atoms with E-state index in [0.29, 0.717) is 0 Å². The van der Waals surface area contributed by atoms with Crippen LogP contribution in [0.5, 0.6) is 11.5 Å². The third kappa shape index (κ3) is 5.39. The molecule has 8 nitrogen and oxygen atoms in total. The minimum absolute atomic E-state index is 0.269. The number of aromatic nitrogens is 4. The number of anilines is 2. The number of benzene rings is 2. The van der Waals surface area contributed by atoms with Gasteiger partial charge < -0.3 is 14.4 Å². The van der Waals surface area contributed by atoms with Crippen LogP contribution in [0.15, 0.2) is 55.0 Å². The largest absolute Gasteiger partial charge is 0.497 e. The summed E-state index contributed by atoms with van der Waals surface area (Å²) >= 11 is 0. The average Bonchev–Trinajstić information content (AvgIpc) is 3.49. The predicted molar refractivity (Wildman–Crippen MR) is 148 cm³/mol. The maximum absolute atomic E-state index is 5.59. The molecule has 8 heteroatoms. The Hall–Kier alpha value is -3.65. The summed E-state index contributed by atoms with van der Waals surface area (Å²) in [5.74, 6) is 1.53. The van der Waals surface area contributed by atoms with Gasteiger partial charge in [-0.1, -0.05) is 0 Å². The molecule has 0 bridgehead atoms. The summed E-state index contributed by atoms with van der Waals surface area (Å²) in [6, 6.07) is 12.3. The van der Waals surface area contributed by atoms with Gasteiger partial charge in [-0.15, -0.1) is 0 Å². The van der Waals surface area contributed by atoms with Gasteiger partial charge in [0, 0.05) is 67.0 Å². The van der Waals surface area contributed by atoms with Gasteiger partial charge in [-0.25, -0.2) is 4.98 Å². The van der Waals surface area contributed by atoms with Crippen LogP contribution in [0.2, 0.25) is 0 Å². The molecule has 0 spiro atoms. The van der Waals surface area contributed by atoms with E-state index in [1.807, 2.05) is 37.8 Å². The molecule has 1 saturated heterocycles. The van der Waals surface area contributed by atoms with E-state index in [4.69, 9.17) is 14.5 Å². The normalized spacial score (nSPS) is 15.3. The van der Waals surface area contributed by atoms with Crippen molar-refractivity contribution in [3.8, 4) is 22.8 Å². The SMILES string of the molecule is COc1cc(OC)cc(N(CCCN2CCCC2(C)C)c2ccc3ncc(-c4cnn(C)c4)nc3c2)c1. The van der Waals surface area contributed by atoms with Crippen LogP contribution in [0.25, 0.3) is 22.3 Å². The lowest BCUT2D eigenvalue weighted by Crippen LogP contribution is -2.39. The molecule has 0 saturated carbocycles. The summed E-state index contributed by atoms with van der Waals surface area (Å²) < 4.78 is 13.0. The molecule has 0 unspecified atom stereocenters. The van der Waals surface area contributed by atoms with Gasteiger partial charge in [0.15, 0.2) is 0 Å². The van der Waals surface area contributed by atoms with E-state index in [9.17, 15) is 0 Å². The molecule has 0 aliphatic carbocycles. The summed E-state index contributed by atoms with van der Waals surface area (Å²) in [4.78, 5) is 14.5. The molecule has 2 aromatic heterocycles. The molecule has 1 fully saturated rings. The summed E-state index contributed by atoms with van der Waals surface area (Å²) in [5, 5.41) is 4.28. The lowest BCUT2D eigenvalue weighted by atomic mass is 10.0. The second-order valence-corrected chi connectivity index (χ2v) is 10.3. The molecule has 1 aliphatic rings. The van der Waals surface area contributed by atoms with Gasteiger partial charge in [0.1, 0.15) is 11.5 Å². The van der Waals surface area contributed by atoms with Crippen LogP contribution in [0.1, 0.15) is 33.1 Å². The van der Waals surface area contributed by atoms with Crippen LogP contribution < -0.4 is 14.4 Å². The summed E-state index contributed by atoms with van der Waals surface area (Å²) in [6.07, 6.45) is 9.13. The smallest absolute Gasteiger partial charge is 0.124 e. The van der Waals surface area contributed by atoms with Crippen LogP contribution >= 0.6 is 0 Å². The van der Waals surface area contributed by atoms with Crippen molar-refractivity contribution >= 4 is 22.4 Å². The van der Waals surface area contributed by atoms with Gasteiger partial charge in [0.2, 0.25) is 0 Å². The fraction of sp³-hybridized carbons (Fsp3) is 0.414. The van der Waals surface area contributed by atoms with Gasteiger partial charge in [0.25, 0.3) is 0 Å². The molecule has 2 aromatic carbocycles. The van der Waals surface area contributed by atoms with Gasteiger partial charge in [0.05, 0.1) is 43.3 Å². The van der Waals surface area contributed by atoms with Crippen LogP contribution in [0, 0.1) is 0 Å². The fourth-order valence-electron chi connectivity index (χ4n) is 5.21. The first kappa shape index (κ1) is 25.0. The molecule has 0 atom stereocenters. The molecule has 3 heterocycles. The highest BCUT2D eigenvalue weighted by Crippen LogP contribution is 2.35. The monoisotopic (exact) mass is 500 g/mol. The number of hydrogen-bond donors (Lipinski definition) is 0. The number of nitrogens with zero attached hydrogens (tertiary/aromatic N) is 6. The zero-order valence-corrected chi connectivity index (χ0v) is 22.4. The second-order valence-electron chi connectivity index (χ2n) is 10.3. The Balaban J connectivity index is 1.50. The first-order valence-corrected chi connectivity index (χ1v) is 12.9. The van der Waals surface area contributed by atoms with Gasteiger partial charge in [-0.05, 0) is 57.9 Å². The van der Waals surface area contributed by atoms with Crippen molar-refractivity contribution < 1.29 is 9.47 Å². The van der Waals surface area contributed by atoms with Gasteiger partial charge >= 0.3 is 0 Å². The number of rotatable bonds is 9. The summed E-state index contributed by atoms with van der Waals surface area (Å²) in [6.45, 7) is 7.79. The van der Waals surface area contributed by atoms with E-state index in [0.717, 1.165) is 64.7 Å². The number of aryl methyl sites for hydroxylation is 1. The minimum Gasteiger partial charge on any atom is -0.497 e. The Kier molecular flexibility index (Phi) is 7.02. The van der Waals surface area contributed by atoms with Crippen molar-refractivity contribution in [3.05, 3.63) is 55.0 Å². The van der Waals surface area contributed by atoms with Crippen molar-refractivity contribution in [2.45, 2.75) is 38.6 Å². The third-order valence-corrected chi connectivity index (χ3v) is 7.37. The highest BCUT2D eigenvalue weighted by Gasteiger charge is 2.31. The van der Waals surface area contributed by atoms with E-state index in [-0.39, 0.29) is 5.54 Å². The Morgan fingerprint density at radius 3 is 2.41 bits per heavy atom. The summed E-state index contributed by atoms with van der Waals surface area (Å²) in [7, 11) is 5.27. The molecule has 5 rings (SSSR count). The van der Waals surface area contributed by atoms with Crippen LogP contribution in [0.3, 0.4) is 0 Å². The van der Waals surface area contributed by atoms with Crippen LogP contribution in [-0.4, -0.2) is 64.0 Å². The first-order chi connectivity index (χ1) is 17.9. The van der Waals surface area contributed by atoms with Crippen molar-refractivity contribution in [1.82, 2.24) is 24.6 Å². The van der Waals surface area contributed by atoms with Crippen molar-refractivity contribution in [3.63, 3.8) is 0 Å². The molecule has 4 aromatic rings. The Morgan fingerprint density at radius 2 is 1.76 bits per heavy atom. The molecule has 0 N–H and O–H groups in total. The van der Waals surface area contributed by atoms with E-state index < -0.39 is 0 Å². The maximum Gasteiger partial charge on any atom is 0.124 e. The topological polar surface area (TPSA) is 68.5 Å². The Bertz CT molecular complexity index is 1360. The number of fused-ring (bicyclic) bond motifs is 1. The fourth-order valence-corrected chi connectivity index (χ4v) is 5.21. The van der Waals surface area contributed by atoms with E-state index in [1.54, 1.807) is 18.9 Å². The van der Waals surface area contributed by atoms with Crippen molar-refractivity contribution in [1.29, 1.82) is 0 Å². The van der Waals surface area contributed by atoms with Gasteiger partial charge in [-0.2, -0.15) is 5.10 Å². The predicted octanol–water partition coefficient (Wildman–Crippen LogP) is 5.45. The molecule has 0 radical (unpaired) electrons. The third-order valence-electron chi connectivity index (χ3n) is 7.37.